The molecule has 2 N–H and O–H groups in total. The van der Waals surface area contributed by atoms with E-state index in [1.54, 1.807) is 4.90 Å². The van der Waals surface area contributed by atoms with E-state index in [0.29, 0.717) is 5.92 Å². The van der Waals surface area contributed by atoms with Gasteiger partial charge in [-0.15, -0.1) is 0 Å². The quantitative estimate of drug-likeness (QED) is 0.773. The number of rotatable bonds is 3. The molecule has 3 unspecified atom stereocenters. The number of fused-ring (bicyclic) bond motifs is 1. The van der Waals surface area contributed by atoms with Crippen LogP contribution in [0.5, 0.6) is 0 Å². The SMILES string of the molecule is CCCCC1CCC2CNCC2N1C(=O)O. The van der Waals surface area contributed by atoms with E-state index in [2.05, 4.69) is 12.2 Å². The molecule has 0 radical (unpaired) electrons. The smallest absolute Gasteiger partial charge is 0.407 e. The van der Waals surface area contributed by atoms with Crippen molar-refractivity contribution in [1.82, 2.24) is 10.2 Å². The Balaban J connectivity index is 2.04. The number of carbonyl (C=O) groups is 1. The van der Waals surface area contributed by atoms with Gasteiger partial charge in [0.1, 0.15) is 0 Å². The van der Waals surface area contributed by atoms with Gasteiger partial charge in [0.25, 0.3) is 0 Å². The maximum absolute atomic E-state index is 11.4. The Morgan fingerprint density at radius 1 is 1.44 bits per heavy atom. The van der Waals surface area contributed by atoms with Gasteiger partial charge in [-0.2, -0.15) is 0 Å². The van der Waals surface area contributed by atoms with Crippen molar-refractivity contribution in [3.8, 4) is 0 Å². The summed E-state index contributed by atoms with van der Waals surface area (Å²) in [5, 5.41) is 12.7. The molecule has 2 heterocycles. The molecule has 16 heavy (non-hydrogen) atoms. The molecule has 3 atom stereocenters. The fraction of sp³-hybridized carbons (Fsp3) is 0.917. The molecule has 2 rings (SSSR count). The highest BCUT2D eigenvalue weighted by atomic mass is 16.4. The maximum atomic E-state index is 11.4. The molecule has 0 aliphatic carbocycles. The second-order valence-electron chi connectivity index (χ2n) is 5.05. The number of hydrogen-bond acceptors (Lipinski definition) is 2. The number of likely N-dealkylation sites (tertiary alicyclic amines) is 1. The lowest BCUT2D eigenvalue weighted by Gasteiger charge is -2.41. The molecule has 2 aliphatic rings. The summed E-state index contributed by atoms with van der Waals surface area (Å²) in [4.78, 5) is 13.1. The predicted octanol–water partition coefficient (Wildman–Crippen LogP) is 1.91. The molecule has 0 aromatic rings. The van der Waals surface area contributed by atoms with E-state index in [1.165, 1.54) is 6.42 Å². The van der Waals surface area contributed by atoms with Crippen molar-refractivity contribution in [3.63, 3.8) is 0 Å². The highest BCUT2D eigenvalue weighted by Gasteiger charge is 2.41. The zero-order valence-electron chi connectivity index (χ0n) is 9.98. The van der Waals surface area contributed by atoms with Crippen LogP contribution in [0.3, 0.4) is 0 Å². The van der Waals surface area contributed by atoms with Gasteiger partial charge in [-0.25, -0.2) is 4.79 Å². The second kappa shape index (κ2) is 5.04. The number of piperidine rings is 1. The Morgan fingerprint density at radius 2 is 2.25 bits per heavy atom. The van der Waals surface area contributed by atoms with Crippen LogP contribution < -0.4 is 5.32 Å². The standard InChI is InChI=1S/C12H22N2O2/c1-2-3-4-10-6-5-9-7-13-8-11(9)14(10)12(15)16/h9-11,13H,2-8H2,1H3,(H,15,16). The van der Waals surface area contributed by atoms with Gasteiger partial charge in [-0.1, -0.05) is 19.8 Å². The maximum Gasteiger partial charge on any atom is 0.407 e. The number of amides is 1. The summed E-state index contributed by atoms with van der Waals surface area (Å²) < 4.78 is 0. The van der Waals surface area contributed by atoms with Crippen LogP contribution in [0.2, 0.25) is 0 Å². The molecule has 92 valence electrons. The van der Waals surface area contributed by atoms with E-state index < -0.39 is 6.09 Å². The van der Waals surface area contributed by atoms with Gasteiger partial charge in [-0.3, -0.25) is 0 Å². The lowest BCUT2D eigenvalue weighted by molar-refractivity contribution is 0.0555. The highest BCUT2D eigenvalue weighted by molar-refractivity contribution is 5.66. The topological polar surface area (TPSA) is 52.6 Å². The Bertz CT molecular complexity index is 257. The third-order valence-electron chi connectivity index (χ3n) is 4.04. The van der Waals surface area contributed by atoms with Gasteiger partial charge in [0, 0.05) is 19.1 Å². The van der Waals surface area contributed by atoms with Crippen molar-refractivity contribution < 1.29 is 9.90 Å². The van der Waals surface area contributed by atoms with Gasteiger partial charge in [-0.05, 0) is 25.2 Å². The molecular formula is C12H22N2O2. The van der Waals surface area contributed by atoms with Crippen LogP contribution in [0.15, 0.2) is 0 Å². The minimum atomic E-state index is -0.723. The van der Waals surface area contributed by atoms with E-state index in [1.807, 2.05) is 0 Å². The molecule has 0 aromatic heterocycles. The lowest BCUT2D eigenvalue weighted by Crippen LogP contribution is -2.53. The molecule has 0 bridgehead atoms. The molecule has 4 heteroatoms. The monoisotopic (exact) mass is 226 g/mol. The molecular weight excluding hydrogens is 204 g/mol. The number of hydrogen-bond donors (Lipinski definition) is 2. The van der Waals surface area contributed by atoms with Gasteiger partial charge < -0.3 is 15.3 Å². The fourth-order valence-electron chi connectivity index (χ4n) is 3.18. The Hall–Kier alpha value is -0.770. The first-order chi connectivity index (χ1) is 7.74. The van der Waals surface area contributed by atoms with Gasteiger partial charge in [0.15, 0.2) is 0 Å². The summed E-state index contributed by atoms with van der Waals surface area (Å²) in [6.07, 6.45) is 4.84. The molecule has 2 aliphatic heterocycles. The van der Waals surface area contributed by atoms with Crippen molar-refractivity contribution in [3.05, 3.63) is 0 Å². The minimum absolute atomic E-state index is 0.230. The van der Waals surface area contributed by atoms with Crippen LogP contribution in [0.4, 0.5) is 4.79 Å². The zero-order valence-corrected chi connectivity index (χ0v) is 9.98. The van der Waals surface area contributed by atoms with Crippen LogP contribution in [-0.2, 0) is 0 Å². The molecule has 0 spiro atoms. The summed E-state index contributed by atoms with van der Waals surface area (Å²) in [7, 11) is 0. The summed E-state index contributed by atoms with van der Waals surface area (Å²) in [5.74, 6) is 0.550. The van der Waals surface area contributed by atoms with Crippen LogP contribution in [-0.4, -0.2) is 41.3 Å². The summed E-state index contributed by atoms with van der Waals surface area (Å²) >= 11 is 0. The molecule has 0 saturated carbocycles. The summed E-state index contributed by atoms with van der Waals surface area (Å²) in [6, 6.07) is 0.492. The predicted molar refractivity (Wildman–Crippen MR) is 62.6 cm³/mol. The van der Waals surface area contributed by atoms with Crippen LogP contribution in [0.25, 0.3) is 0 Å². The molecule has 2 saturated heterocycles. The number of nitrogens with one attached hydrogen (secondary N) is 1. The van der Waals surface area contributed by atoms with E-state index in [-0.39, 0.29) is 12.1 Å². The average molecular weight is 226 g/mol. The highest BCUT2D eigenvalue weighted by Crippen LogP contribution is 2.32. The van der Waals surface area contributed by atoms with E-state index >= 15 is 0 Å². The molecule has 1 amide bonds. The number of carboxylic acid groups (broad SMARTS) is 1. The summed E-state index contributed by atoms with van der Waals surface area (Å²) in [6.45, 7) is 4.00. The number of unbranched alkanes of at least 4 members (excludes halogenated alkanes) is 1. The Kier molecular flexibility index (Phi) is 3.69. The average Bonchev–Trinajstić information content (AvgIpc) is 2.72. The molecule has 0 aromatic carbocycles. The largest absolute Gasteiger partial charge is 0.465 e. The van der Waals surface area contributed by atoms with Crippen molar-refractivity contribution >= 4 is 6.09 Å². The first-order valence-electron chi connectivity index (χ1n) is 6.46. The van der Waals surface area contributed by atoms with Crippen LogP contribution in [0.1, 0.15) is 39.0 Å². The van der Waals surface area contributed by atoms with Crippen LogP contribution in [0, 0.1) is 5.92 Å². The van der Waals surface area contributed by atoms with Crippen molar-refractivity contribution in [2.75, 3.05) is 13.1 Å². The van der Waals surface area contributed by atoms with E-state index in [4.69, 9.17) is 0 Å². The first-order valence-corrected chi connectivity index (χ1v) is 6.46. The first kappa shape index (κ1) is 11.7. The van der Waals surface area contributed by atoms with Crippen molar-refractivity contribution in [2.24, 2.45) is 5.92 Å². The van der Waals surface area contributed by atoms with Gasteiger partial charge in [0.2, 0.25) is 0 Å². The fourth-order valence-corrected chi connectivity index (χ4v) is 3.18. The second-order valence-corrected chi connectivity index (χ2v) is 5.05. The van der Waals surface area contributed by atoms with Crippen molar-refractivity contribution in [1.29, 1.82) is 0 Å². The van der Waals surface area contributed by atoms with E-state index in [0.717, 1.165) is 38.8 Å². The minimum Gasteiger partial charge on any atom is -0.465 e. The Labute approximate surface area is 97.0 Å². The normalized spacial score (nSPS) is 33.8. The third-order valence-corrected chi connectivity index (χ3v) is 4.04. The summed E-state index contributed by atoms with van der Waals surface area (Å²) in [5.41, 5.74) is 0. The molecule has 4 nitrogen and oxygen atoms in total. The van der Waals surface area contributed by atoms with Gasteiger partial charge >= 0.3 is 6.09 Å². The Morgan fingerprint density at radius 3 is 2.94 bits per heavy atom. The molecule has 2 fully saturated rings. The third kappa shape index (κ3) is 2.17. The lowest BCUT2D eigenvalue weighted by atomic mass is 9.86. The van der Waals surface area contributed by atoms with E-state index in [9.17, 15) is 9.90 Å². The van der Waals surface area contributed by atoms with Crippen molar-refractivity contribution in [2.45, 2.75) is 51.1 Å². The van der Waals surface area contributed by atoms with Gasteiger partial charge in [0.05, 0.1) is 6.04 Å². The number of nitrogens with zero attached hydrogens (tertiary/aromatic N) is 1. The van der Waals surface area contributed by atoms with Crippen LogP contribution >= 0.6 is 0 Å². The zero-order chi connectivity index (χ0) is 11.5.